The van der Waals surface area contributed by atoms with Gasteiger partial charge in [-0.05, 0) is 25.7 Å². The summed E-state index contributed by atoms with van der Waals surface area (Å²) in [5.74, 6) is -0.576. The highest BCUT2D eigenvalue weighted by atomic mass is 32.3. The Bertz CT molecular complexity index is 771. The lowest BCUT2D eigenvalue weighted by Crippen LogP contribution is -2.42. The van der Waals surface area contributed by atoms with Crippen LogP contribution in [0.5, 0.6) is 0 Å². The van der Waals surface area contributed by atoms with E-state index in [4.69, 9.17) is 0 Å². The Balaban J connectivity index is 5.97. The molecule has 5 unspecified atom stereocenters. The molecule has 342 valence electrons. The van der Waals surface area contributed by atoms with Crippen molar-refractivity contribution in [1.82, 2.24) is 0 Å². The van der Waals surface area contributed by atoms with Gasteiger partial charge in [-0.25, -0.2) is 0 Å². The highest BCUT2D eigenvalue weighted by molar-refractivity contribution is 8.35. The quantitative estimate of drug-likeness (QED) is 0.0485. The maximum Gasteiger partial charge on any atom is 0.319 e. The van der Waals surface area contributed by atoms with E-state index >= 15 is 0 Å². The molecular formula is C51H102O2S4. The molecule has 0 spiro atoms. The summed E-state index contributed by atoms with van der Waals surface area (Å²) >= 11 is 8.06. The monoisotopic (exact) mass is 875 g/mol. The van der Waals surface area contributed by atoms with Gasteiger partial charge >= 0.3 is 5.97 Å². The van der Waals surface area contributed by atoms with Crippen molar-refractivity contribution < 1.29 is 9.90 Å². The second-order valence-electron chi connectivity index (χ2n) is 18.1. The fourth-order valence-electron chi connectivity index (χ4n) is 8.14. The molecule has 0 fully saturated rings. The van der Waals surface area contributed by atoms with Crippen LogP contribution in [0.4, 0.5) is 0 Å². The third-order valence-electron chi connectivity index (χ3n) is 11.9. The summed E-state index contributed by atoms with van der Waals surface area (Å²) < 4.78 is -0.386. The number of carboxylic acids is 1. The Kier molecular flexibility index (Phi) is 42.8. The lowest BCUT2D eigenvalue weighted by atomic mass is 10.1. The van der Waals surface area contributed by atoms with Crippen molar-refractivity contribution in [3.8, 4) is 0 Å². The van der Waals surface area contributed by atoms with Gasteiger partial charge in [-0.3, -0.25) is 4.79 Å². The number of unbranched alkanes of at least 4 members (excludes halogenated alkanes) is 28. The van der Waals surface area contributed by atoms with Crippen molar-refractivity contribution in [3.63, 3.8) is 0 Å². The van der Waals surface area contributed by atoms with Crippen LogP contribution < -0.4 is 0 Å². The average Bonchev–Trinajstić information content (AvgIpc) is 3.17. The predicted molar refractivity (Wildman–Crippen MR) is 271 cm³/mol. The van der Waals surface area contributed by atoms with Gasteiger partial charge in [0, 0.05) is 21.0 Å². The zero-order chi connectivity index (χ0) is 42.2. The second kappa shape index (κ2) is 42.2. The van der Waals surface area contributed by atoms with E-state index in [2.05, 4.69) is 90.7 Å². The van der Waals surface area contributed by atoms with E-state index in [-0.39, 0.29) is 3.41 Å². The van der Waals surface area contributed by atoms with Crippen LogP contribution in [-0.2, 0) is 4.79 Å². The van der Waals surface area contributed by atoms with Crippen molar-refractivity contribution in [3.05, 3.63) is 0 Å². The predicted octanol–water partition coefficient (Wildman–Crippen LogP) is 19.7. The summed E-state index contributed by atoms with van der Waals surface area (Å²) in [6.07, 6.45) is 47.7. The first-order valence-electron chi connectivity index (χ1n) is 25.6. The molecule has 0 aliphatic heterocycles. The summed E-state index contributed by atoms with van der Waals surface area (Å²) in [4.78, 5) is 13.7. The van der Waals surface area contributed by atoms with Crippen molar-refractivity contribution in [2.75, 3.05) is 0 Å². The maximum atomic E-state index is 13.7. The fourth-order valence-corrected chi connectivity index (χ4v) is 17.0. The van der Waals surface area contributed by atoms with E-state index in [9.17, 15) is 9.90 Å². The third-order valence-corrected chi connectivity index (χ3v) is 19.2. The summed E-state index contributed by atoms with van der Waals surface area (Å²) in [5.41, 5.74) is 0. The van der Waals surface area contributed by atoms with Gasteiger partial charge in [0.15, 0.2) is 0 Å². The largest absolute Gasteiger partial charge is 0.480 e. The molecule has 0 saturated heterocycles. The Morgan fingerprint density at radius 3 is 0.807 bits per heavy atom. The van der Waals surface area contributed by atoms with Crippen LogP contribution in [0.25, 0.3) is 0 Å². The molecule has 1 N–H and O–H groups in total. The molecule has 0 aromatic rings. The zero-order valence-electron chi connectivity index (χ0n) is 39.8. The molecule has 57 heavy (non-hydrogen) atoms. The topological polar surface area (TPSA) is 37.3 Å². The van der Waals surface area contributed by atoms with Crippen LogP contribution in [-0.4, -0.2) is 40.7 Å². The van der Waals surface area contributed by atoms with E-state index in [0.717, 1.165) is 6.42 Å². The first-order valence-corrected chi connectivity index (χ1v) is 29.1. The zero-order valence-corrected chi connectivity index (χ0v) is 43.1. The summed E-state index contributed by atoms with van der Waals surface area (Å²) in [5, 5.41) is 12.6. The van der Waals surface area contributed by atoms with Crippen LogP contribution in [0.3, 0.4) is 0 Å². The summed E-state index contributed by atoms with van der Waals surface area (Å²) in [6.45, 7) is 18.8. The minimum atomic E-state index is -0.576. The van der Waals surface area contributed by atoms with Gasteiger partial charge < -0.3 is 5.11 Å². The molecule has 5 atom stereocenters. The SMILES string of the molecule is CCCCCCCCCCC(C)SC(C(=O)O)C(SC(C)CCCCCCCCCC)(SC(C)CCCCCCCCCC)SC(C)CCCCCCCCCC. The number of rotatable bonds is 46. The molecule has 0 aromatic carbocycles. The molecule has 0 heterocycles. The highest BCUT2D eigenvalue weighted by Crippen LogP contribution is 2.59. The molecule has 0 aromatic heterocycles. The van der Waals surface area contributed by atoms with Crippen LogP contribution >= 0.6 is 47.0 Å². The molecule has 0 amide bonds. The Hall–Kier alpha value is 0.870. The van der Waals surface area contributed by atoms with Crippen molar-refractivity contribution >= 4 is 53.0 Å². The van der Waals surface area contributed by atoms with Gasteiger partial charge in [0.2, 0.25) is 0 Å². The van der Waals surface area contributed by atoms with Crippen molar-refractivity contribution in [2.45, 2.75) is 316 Å². The molecule has 0 aliphatic rings. The van der Waals surface area contributed by atoms with Gasteiger partial charge in [-0.1, -0.05) is 261 Å². The maximum absolute atomic E-state index is 13.7. The normalized spacial score (nSPS) is 15.6. The molecule has 6 heteroatoms. The molecule has 0 radical (unpaired) electrons. The standard InChI is InChI=1S/C51H102O2S4/c1-9-13-17-21-25-29-33-37-41-45(5)54-49(50(52)53)51(55-46(6)42-38-34-30-26-22-18-14-10-2,56-47(7)43-39-35-31-27-23-19-15-11-3)57-48(8)44-40-36-32-28-24-20-16-12-4/h45-49H,9-44H2,1-8H3,(H,52,53). The van der Waals surface area contributed by atoms with Gasteiger partial charge in [-0.2, -0.15) is 0 Å². The van der Waals surface area contributed by atoms with Crippen LogP contribution in [0.1, 0.15) is 287 Å². The fraction of sp³-hybridized carbons (Fsp3) is 0.980. The number of carboxylic acid groups (broad SMARTS) is 1. The Morgan fingerprint density at radius 2 is 0.579 bits per heavy atom. The van der Waals surface area contributed by atoms with Gasteiger partial charge in [0.25, 0.3) is 0 Å². The second-order valence-corrected chi connectivity index (χ2v) is 25.5. The van der Waals surface area contributed by atoms with Crippen molar-refractivity contribution in [2.24, 2.45) is 0 Å². The number of carbonyl (C=O) groups is 1. The highest BCUT2D eigenvalue weighted by Gasteiger charge is 2.49. The molecular weight excluding hydrogens is 773 g/mol. The number of thioether (sulfide) groups is 4. The van der Waals surface area contributed by atoms with Crippen LogP contribution in [0.15, 0.2) is 0 Å². The third kappa shape index (κ3) is 35.1. The van der Waals surface area contributed by atoms with Gasteiger partial charge in [-0.15, -0.1) is 47.0 Å². The van der Waals surface area contributed by atoms with E-state index in [1.807, 2.05) is 11.8 Å². The molecule has 0 rings (SSSR count). The lowest BCUT2D eigenvalue weighted by Gasteiger charge is -2.42. The Labute approximate surface area is 376 Å². The van der Waals surface area contributed by atoms with E-state index in [1.54, 1.807) is 0 Å². The molecule has 0 bridgehead atoms. The van der Waals surface area contributed by atoms with Crippen LogP contribution in [0.2, 0.25) is 0 Å². The Morgan fingerprint density at radius 1 is 0.368 bits per heavy atom. The number of aliphatic carboxylic acids is 1. The summed E-state index contributed by atoms with van der Waals surface area (Å²) in [6, 6.07) is 0. The minimum absolute atomic E-state index is 0.362. The minimum Gasteiger partial charge on any atom is -0.480 e. The first-order chi connectivity index (χ1) is 27.6. The smallest absolute Gasteiger partial charge is 0.319 e. The van der Waals surface area contributed by atoms with Gasteiger partial charge in [0.1, 0.15) is 8.66 Å². The number of hydrogen-bond donors (Lipinski definition) is 1. The van der Waals surface area contributed by atoms with E-state index in [1.165, 1.54) is 225 Å². The van der Waals surface area contributed by atoms with E-state index < -0.39 is 11.2 Å². The van der Waals surface area contributed by atoms with Crippen molar-refractivity contribution in [1.29, 1.82) is 0 Å². The van der Waals surface area contributed by atoms with Gasteiger partial charge in [0.05, 0.1) is 0 Å². The van der Waals surface area contributed by atoms with Crippen LogP contribution in [0, 0.1) is 0 Å². The summed E-state index contributed by atoms with van der Waals surface area (Å²) in [7, 11) is 0. The molecule has 0 saturated carbocycles. The first kappa shape index (κ1) is 57.9. The lowest BCUT2D eigenvalue weighted by molar-refractivity contribution is -0.136. The molecule has 0 aliphatic carbocycles. The van der Waals surface area contributed by atoms with E-state index in [0.29, 0.717) is 21.0 Å². The number of hydrogen-bond acceptors (Lipinski definition) is 5. The molecule has 2 nitrogen and oxygen atoms in total. The average molecular weight is 876 g/mol.